The lowest BCUT2D eigenvalue weighted by Gasteiger charge is -2.22. The number of anilines is 2. The Balaban J connectivity index is 1.56. The summed E-state index contributed by atoms with van der Waals surface area (Å²) in [5.74, 6) is 1.01. The van der Waals surface area contributed by atoms with Crippen molar-refractivity contribution < 1.29 is 19.1 Å². The van der Waals surface area contributed by atoms with Gasteiger partial charge in [0.1, 0.15) is 11.5 Å². The highest BCUT2D eigenvalue weighted by Crippen LogP contribution is 2.27. The SMILES string of the molecule is COc1ccc(CNc2nnc(SCC(=O)N(CCC(N)=O)c3ccc(OC)cc3)s2)cc1. The number of nitrogens with one attached hydrogen (secondary N) is 1. The van der Waals surface area contributed by atoms with Crippen LogP contribution in [0.3, 0.4) is 0 Å². The number of ether oxygens (including phenoxy) is 2. The Kier molecular flexibility index (Phi) is 8.90. The average Bonchev–Trinajstić information content (AvgIpc) is 3.30. The zero-order chi connectivity index (χ0) is 23.6. The summed E-state index contributed by atoms with van der Waals surface area (Å²) in [6.45, 7) is 0.798. The summed E-state index contributed by atoms with van der Waals surface area (Å²) in [5, 5.41) is 12.2. The Morgan fingerprint density at radius 2 is 1.67 bits per heavy atom. The highest BCUT2D eigenvalue weighted by atomic mass is 32.2. The van der Waals surface area contributed by atoms with Gasteiger partial charge in [-0.1, -0.05) is 35.2 Å². The Morgan fingerprint density at radius 1 is 1.03 bits per heavy atom. The molecule has 0 unspecified atom stereocenters. The minimum Gasteiger partial charge on any atom is -0.497 e. The predicted molar refractivity (Wildman–Crippen MR) is 130 cm³/mol. The number of rotatable bonds is 12. The normalized spacial score (nSPS) is 10.5. The molecule has 2 amide bonds. The molecule has 0 saturated heterocycles. The molecule has 1 aromatic heterocycles. The molecule has 1 heterocycles. The Bertz CT molecular complexity index is 1060. The number of hydrogen-bond acceptors (Lipinski definition) is 9. The van der Waals surface area contributed by atoms with Crippen LogP contribution in [0.15, 0.2) is 52.9 Å². The maximum atomic E-state index is 12.9. The molecule has 0 saturated carbocycles. The van der Waals surface area contributed by atoms with E-state index in [4.69, 9.17) is 15.2 Å². The molecule has 174 valence electrons. The first-order valence-electron chi connectivity index (χ1n) is 10.0. The van der Waals surface area contributed by atoms with E-state index in [0.717, 1.165) is 11.3 Å². The number of primary amides is 1. The van der Waals surface area contributed by atoms with Crippen LogP contribution in [-0.2, 0) is 16.1 Å². The fourth-order valence-corrected chi connectivity index (χ4v) is 4.47. The van der Waals surface area contributed by atoms with Crippen LogP contribution in [-0.4, -0.2) is 48.5 Å². The van der Waals surface area contributed by atoms with Crippen LogP contribution in [0, 0.1) is 0 Å². The van der Waals surface area contributed by atoms with Crippen LogP contribution in [0.5, 0.6) is 11.5 Å². The number of nitrogens with two attached hydrogens (primary N) is 1. The number of aromatic nitrogens is 2. The fourth-order valence-electron chi connectivity index (χ4n) is 2.84. The monoisotopic (exact) mass is 487 g/mol. The number of carbonyl (C=O) groups excluding carboxylic acids is 2. The van der Waals surface area contributed by atoms with Crippen LogP contribution in [0.1, 0.15) is 12.0 Å². The van der Waals surface area contributed by atoms with Gasteiger partial charge in [-0.25, -0.2) is 0 Å². The van der Waals surface area contributed by atoms with Gasteiger partial charge in [-0.05, 0) is 42.0 Å². The minimum atomic E-state index is -0.467. The Labute approximate surface area is 200 Å². The molecule has 3 aromatic rings. The van der Waals surface area contributed by atoms with Crippen molar-refractivity contribution in [2.45, 2.75) is 17.3 Å². The number of benzene rings is 2. The standard InChI is InChI=1S/C22H25N5O4S2/c1-30-17-7-3-15(4-8-17)13-24-21-25-26-22(33-21)32-14-20(29)27(12-11-19(23)28)16-5-9-18(31-2)10-6-16/h3-10H,11-14H2,1-2H3,(H2,23,28)(H,24,25). The van der Waals surface area contributed by atoms with E-state index in [0.29, 0.717) is 27.5 Å². The highest BCUT2D eigenvalue weighted by Gasteiger charge is 2.18. The molecule has 0 aliphatic rings. The predicted octanol–water partition coefficient (Wildman–Crippen LogP) is 3.17. The quantitative estimate of drug-likeness (QED) is 0.374. The first-order valence-corrected chi connectivity index (χ1v) is 11.8. The molecule has 0 bridgehead atoms. The van der Waals surface area contributed by atoms with Gasteiger partial charge in [0.25, 0.3) is 0 Å². The third kappa shape index (κ3) is 7.36. The van der Waals surface area contributed by atoms with Crippen molar-refractivity contribution in [3.8, 4) is 11.5 Å². The average molecular weight is 488 g/mol. The third-order valence-electron chi connectivity index (χ3n) is 4.60. The Morgan fingerprint density at radius 3 is 2.27 bits per heavy atom. The summed E-state index contributed by atoms with van der Waals surface area (Å²) in [6.07, 6.45) is 0.0701. The maximum Gasteiger partial charge on any atom is 0.237 e. The Hall–Kier alpha value is -3.31. The van der Waals surface area contributed by atoms with Crippen molar-refractivity contribution in [2.75, 3.05) is 36.7 Å². The number of methoxy groups -OCH3 is 2. The van der Waals surface area contributed by atoms with E-state index >= 15 is 0 Å². The second-order valence-electron chi connectivity index (χ2n) is 6.82. The zero-order valence-corrected chi connectivity index (χ0v) is 19.9. The first-order chi connectivity index (χ1) is 16.0. The smallest absolute Gasteiger partial charge is 0.237 e. The lowest BCUT2D eigenvalue weighted by Crippen LogP contribution is -2.35. The summed E-state index contributed by atoms with van der Waals surface area (Å²) < 4.78 is 11.0. The molecule has 0 fully saturated rings. The number of carbonyl (C=O) groups is 2. The molecular formula is C22H25N5O4S2. The molecule has 0 atom stereocenters. The van der Waals surface area contributed by atoms with Crippen molar-refractivity contribution >= 4 is 45.7 Å². The topological polar surface area (TPSA) is 120 Å². The van der Waals surface area contributed by atoms with Crippen LogP contribution in [0.4, 0.5) is 10.8 Å². The molecule has 0 aliphatic heterocycles. The van der Waals surface area contributed by atoms with E-state index in [2.05, 4.69) is 15.5 Å². The lowest BCUT2D eigenvalue weighted by atomic mass is 10.2. The highest BCUT2D eigenvalue weighted by molar-refractivity contribution is 8.01. The number of thioether (sulfide) groups is 1. The molecule has 9 nitrogen and oxygen atoms in total. The van der Waals surface area contributed by atoms with Crippen molar-refractivity contribution in [1.82, 2.24) is 10.2 Å². The van der Waals surface area contributed by atoms with E-state index in [1.807, 2.05) is 24.3 Å². The van der Waals surface area contributed by atoms with E-state index in [9.17, 15) is 9.59 Å². The molecule has 2 aromatic carbocycles. The summed E-state index contributed by atoms with van der Waals surface area (Å²) in [4.78, 5) is 25.7. The fraction of sp³-hybridized carbons (Fsp3) is 0.273. The van der Waals surface area contributed by atoms with Crippen molar-refractivity contribution in [2.24, 2.45) is 5.73 Å². The van der Waals surface area contributed by atoms with Crippen LogP contribution < -0.4 is 25.4 Å². The molecule has 3 N–H and O–H groups in total. The van der Waals surface area contributed by atoms with Crippen LogP contribution >= 0.6 is 23.1 Å². The molecular weight excluding hydrogens is 462 g/mol. The van der Waals surface area contributed by atoms with E-state index < -0.39 is 5.91 Å². The first kappa shape index (κ1) is 24.3. The second kappa shape index (κ2) is 12.1. The van der Waals surface area contributed by atoms with Crippen LogP contribution in [0.25, 0.3) is 0 Å². The third-order valence-corrected chi connectivity index (χ3v) is 6.59. The van der Waals surface area contributed by atoms with E-state index in [1.54, 1.807) is 43.4 Å². The van der Waals surface area contributed by atoms with Crippen molar-refractivity contribution in [3.05, 3.63) is 54.1 Å². The number of hydrogen-bond donors (Lipinski definition) is 2. The van der Waals surface area contributed by atoms with Crippen LogP contribution in [0.2, 0.25) is 0 Å². The summed E-state index contributed by atoms with van der Waals surface area (Å²) >= 11 is 2.67. The summed E-state index contributed by atoms with van der Waals surface area (Å²) in [5.41, 5.74) is 7.04. The molecule has 3 rings (SSSR count). The second-order valence-corrected chi connectivity index (χ2v) is 9.02. The van der Waals surface area contributed by atoms with E-state index in [1.165, 1.54) is 23.1 Å². The van der Waals surface area contributed by atoms with Gasteiger partial charge >= 0.3 is 0 Å². The van der Waals surface area contributed by atoms with E-state index in [-0.39, 0.29) is 24.6 Å². The van der Waals surface area contributed by atoms with Crippen molar-refractivity contribution in [1.29, 1.82) is 0 Å². The van der Waals surface area contributed by atoms with Gasteiger partial charge in [0.05, 0.1) is 20.0 Å². The van der Waals surface area contributed by atoms with Gasteiger partial charge in [0.2, 0.25) is 16.9 Å². The van der Waals surface area contributed by atoms with Gasteiger partial charge in [-0.15, -0.1) is 10.2 Å². The van der Waals surface area contributed by atoms with Gasteiger partial charge in [0.15, 0.2) is 4.34 Å². The molecule has 11 heteroatoms. The van der Waals surface area contributed by atoms with Crippen molar-refractivity contribution in [3.63, 3.8) is 0 Å². The van der Waals surface area contributed by atoms with Gasteiger partial charge in [-0.3, -0.25) is 9.59 Å². The molecule has 0 aliphatic carbocycles. The maximum absolute atomic E-state index is 12.9. The number of nitrogens with zero attached hydrogens (tertiary/aromatic N) is 3. The van der Waals surface area contributed by atoms with Gasteiger partial charge in [0, 0.05) is 25.2 Å². The molecule has 0 radical (unpaired) electrons. The lowest BCUT2D eigenvalue weighted by molar-refractivity contribution is -0.118. The number of amides is 2. The summed E-state index contributed by atoms with van der Waals surface area (Å²) in [7, 11) is 3.20. The van der Waals surface area contributed by atoms with Gasteiger partial charge < -0.3 is 25.4 Å². The summed E-state index contributed by atoms with van der Waals surface area (Å²) in [6, 6.07) is 14.8. The minimum absolute atomic E-state index is 0.0701. The zero-order valence-electron chi connectivity index (χ0n) is 18.3. The molecule has 33 heavy (non-hydrogen) atoms. The van der Waals surface area contributed by atoms with Gasteiger partial charge in [-0.2, -0.15) is 0 Å². The molecule has 0 spiro atoms. The largest absolute Gasteiger partial charge is 0.497 e.